The second kappa shape index (κ2) is 5.09. The number of nitrogens with two attached hydrogens (primary N) is 1. The highest BCUT2D eigenvalue weighted by atomic mass is 16.5. The Hall–Kier alpha value is -2.75. The van der Waals surface area contributed by atoms with Gasteiger partial charge in [-0.1, -0.05) is 6.07 Å². The summed E-state index contributed by atoms with van der Waals surface area (Å²) < 4.78 is 10.9. The topological polar surface area (TPSA) is 61.3 Å². The molecule has 0 bridgehead atoms. The third-order valence-corrected chi connectivity index (χ3v) is 3.01. The largest absolute Gasteiger partial charge is 0.497 e. The van der Waals surface area contributed by atoms with E-state index in [1.807, 2.05) is 48.5 Å². The predicted molar refractivity (Wildman–Crippen MR) is 78.3 cm³/mol. The van der Waals surface area contributed by atoms with Crippen molar-refractivity contribution in [3.63, 3.8) is 0 Å². The molecule has 1 aromatic heterocycles. The molecular formula is C16H14N2O2. The monoisotopic (exact) mass is 266 g/mol. The van der Waals surface area contributed by atoms with Crippen molar-refractivity contribution in [3.05, 3.63) is 54.7 Å². The number of nitrogen functional groups attached to an aromatic ring is 1. The highest BCUT2D eigenvalue weighted by molar-refractivity contribution is 5.64. The van der Waals surface area contributed by atoms with Crippen LogP contribution in [0.25, 0.3) is 22.8 Å². The molecule has 3 aromatic rings. The number of methoxy groups -OCH3 is 1. The van der Waals surface area contributed by atoms with Crippen LogP contribution in [-0.2, 0) is 0 Å². The Morgan fingerprint density at radius 3 is 2.55 bits per heavy atom. The van der Waals surface area contributed by atoms with Crippen LogP contribution in [-0.4, -0.2) is 12.1 Å². The lowest BCUT2D eigenvalue weighted by Gasteiger charge is -2.00. The van der Waals surface area contributed by atoms with E-state index in [0.717, 1.165) is 16.9 Å². The molecule has 2 N–H and O–H groups in total. The summed E-state index contributed by atoms with van der Waals surface area (Å²) in [6, 6.07) is 15.1. The molecule has 0 atom stereocenters. The van der Waals surface area contributed by atoms with Gasteiger partial charge in [-0.15, -0.1) is 0 Å². The average Bonchev–Trinajstić information content (AvgIpc) is 2.97. The number of aromatic nitrogens is 1. The molecule has 0 saturated heterocycles. The van der Waals surface area contributed by atoms with Crippen molar-refractivity contribution < 1.29 is 9.15 Å². The van der Waals surface area contributed by atoms with Crippen LogP contribution >= 0.6 is 0 Å². The Morgan fingerprint density at radius 1 is 1.05 bits per heavy atom. The molecule has 20 heavy (non-hydrogen) atoms. The van der Waals surface area contributed by atoms with E-state index in [0.29, 0.717) is 17.3 Å². The summed E-state index contributed by atoms with van der Waals surface area (Å²) in [5.41, 5.74) is 8.27. The number of hydrogen-bond acceptors (Lipinski definition) is 4. The summed E-state index contributed by atoms with van der Waals surface area (Å²) in [5.74, 6) is 2.08. The van der Waals surface area contributed by atoms with Crippen LogP contribution in [0.4, 0.5) is 5.69 Å². The van der Waals surface area contributed by atoms with Gasteiger partial charge in [0.25, 0.3) is 0 Å². The number of ether oxygens (including phenoxy) is 1. The molecule has 1 heterocycles. The lowest BCUT2D eigenvalue weighted by Crippen LogP contribution is -1.84. The van der Waals surface area contributed by atoms with Gasteiger partial charge in [0.2, 0.25) is 5.89 Å². The molecule has 100 valence electrons. The zero-order valence-corrected chi connectivity index (χ0v) is 11.0. The van der Waals surface area contributed by atoms with Crippen LogP contribution in [0.5, 0.6) is 5.75 Å². The maximum Gasteiger partial charge on any atom is 0.226 e. The molecule has 0 aliphatic rings. The first-order chi connectivity index (χ1) is 9.76. The summed E-state index contributed by atoms with van der Waals surface area (Å²) in [6.45, 7) is 0. The van der Waals surface area contributed by atoms with Crippen LogP contribution in [0.15, 0.2) is 59.1 Å². The van der Waals surface area contributed by atoms with Crippen LogP contribution in [0.2, 0.25) is 0 Å². The van der Waals surface area contributed by atoms with Gasteiger partial charge in [-0.25, -0.2) is 4.98 Å². The van der Waals surface area contributed by atoms with Crippen LogP contribution in [0.1, 0.15) is 0 Å². The van der Waals surface area contributed by atoms with E-state index in [4.69, 9.17) is 14.9 Å². The standard InChI is InChI=1S/C16H14N2O2/c1-19-14-7-5-11(6-8-14)15-10-18-16(20-15)12-3-2-4-13(17)9-12/h2-10H,17H2,1H3. The first-order valence-corrected chi connectivity index (χ1v) is 6.22. The van der Waals surface area contributed by atoms with Gasteiger partial charge >= 0.3 is 0 Å². The van der Waals surface area contributed by atoms with Gasteiger partial charge in [0.05, 0.1) is 13.3 Å². The normalized spacial score (nSPS) is 10.4. The predicted octanol–water partition coefficient (Wildman–Crippen LogP) is 3.60. The molecular weight excluding hydrogens is 252 g/mol. The lowest BCUT2D eigenvalue weighted by molar-refractivity contribution is 0.415. The fourth-order valence-electron chi connectivity index (χ4n) is 1.97. The van der Waals surface area contributed by atoms with Gasteiger partial charge in [0, 0.05) is 16.8 Å². The Morgan fingerprint density at radius 2 is 1.85 bits per heavy atom. The van der Waals surface area contributed by atoms with Crippen molar-refractivity contribution in [1.29, 1.82) is 0 Å². The molecule has 3 rings (SSSR count). The number of hydrogen-bond donors (Lipinski definition) is 1. The summed E-state index contributed by atoms with van der Waals surface area (Å²) >= 11 is 0. The van der Waals surface area contributed by atoms with Gasteiger partial charge in [0.15, 0.2) is 5.76 Å². The summed E-state index contributed by atoms with van der Waals surface area (Å²) in [4.78, 5) is 4.29. The van der Waals surface area contributed by atoms with Crippen molar-refractivity contribution in [3.8, 4) is 28.5 Å². The van der Waals surface area contributed by atoms with Gasteiger partial charge in [-0.05, 0) is 42.5 Å². The van der Waals surface area contributed by atoms with Gasteiger partial charge in [-0.2, -0.15) is 0 Å². The number of benzene rings is 2. The maximum atomic E-state index is 5.78. The number of rotatable bonds is 3. The number of anilines is 1. The van der Waals surface area contributed by atoms with E-state index in [2.05, 4.69) is 4.98 Å². The zero-order valence-electron chi connectivity index (χ0n) is 11.0. The molecule has 0 unspecified atom stereocenters. The number of oxazole rings is 1. The van der Waals surface area contributed by atoms with E-state index in [1.165, 1.54) is 0 Å². The first-order valence-electron chi connectivity index (χ1n) is 6.22. The molecule has 0 aliphatic heterocycles. The second-order valence-corrected chi connectivity index (χ2v) is 4.38. The molecule has 0 spiro atoms. The van der Waals surface area contributed by atoms with Crippen LogP contribution < -0.4 is 10.5 Å². The van der Waals surface area contributed by atoms with Crippen molar-refractivity contribution in [2.45, 2.75) is 0 Å². The summed E-state index contributed by atoms with van der Waals surface area (Å²) in [5, 5.41) is 0. The molecule has 0 fully saturated rings. The zero-order chi connectivity index (χ0) is 13.9. The maximum absolute atomic E-state index is 5.78. The minimum Gasteiger partial charge on any atom is -0.497 e. The van der Waals surface area contributed by atoms with Crippen molar-refractivity contribution in [2.24, 2.45) is 0 Å². The van der Waals surface area contributed by atoms with Gasteiger partial charge in [0.1, 0.15) is 5.75 Å². The Kier molecular flexibility index (Phi) is 3.13. The quantitative estimate of drug-likeness (QED) is 0.736. The van der Waals surface area contributed by atoms with E-state index < -0.39 is 0 Å². The summed E-state index contributed by atoms with van der Waals surface area (Å²) in [7, 11) is 1.64. The SMILES string of the molecule is COc1ccc(-c2cnc(-c3cccc(N)c3)o2)cc1. The molecule has 0 saturated carbocycles. The molecule has 0 aliphatic carbocycles. The lowest BCUT2D eigenvalue weighted by atomic mass is 10.2. The van der Waals surface area contributed by atoms with Gasteiger partial charge in [-0.3, -0.25) is 0 Å². The van der Waals surface area contributed by atoms with E-state index in [1.54, 1.807) is 13.3 Å². The minimum atomic E-state index is 0.558. The third-order valence-electron chi connectivity index (χ3n) is 3.01. The summed E-state index contributed by atoms with van der Waals surface area (Å²) in [6.07, 6.45) is 1.71. The van der Waals surface area contributed by atoms with Crippen molar-refractivity contribution in [1.82, 2.24) is 4.98 Å². The fourth-order valence-corrected chi connectivity index (χ4v) is 1.97. The highest BCUT2D eigenvalue weighted by Crippen LogP contribution is 2.27. The molecule has 0 amide bonds. The molecule has 4 nitrogen and oxygen atoms in total. The number of nitrogens with zero attached hydrogens (tertiary/aromatic N) is 1. The van der Waals surface area contributed by atoms with E-state index >= 15 is 0 Å². The molecule has 0 radical (unpaired) electrons. The van der Waals surface area contributed by atoms with Crippen LogP contribution in [0.3, 0.4) is 0 Å². The average molecular weight is 266 g/mol. The third kappa shape index (κ3) is 2.36. The molecule has 4 heteroatoms. The van der Waals surface area contributed by atoms with Crippen LogP contribution in [0, 0.1) is 0 Å². The smallest absolute Gasteiger partial charge is 0.226 e. The first kappa shape index (κ1) is 12.3. The van der Waals surface area contributed by atoms with Crippen molar-refractivity contribution in [2.75, 3.05) is 12.8 Å². The highest BCUT2D eigenvalue weighted by Gasteiger charge is 2.08. The van der Waals surface area contributed by atoms with Gasteiger partial charge < -0.3 is 14.9 Å². The van der Waals surface area contributed by atoms with Crippen molar-refractivity contribution >= 4 is 5.69 Å². The molecule has 2 aromatic carbocycles. The Labute approximate surface area is 116 Å². The Bertz CT molecular complexity index is 717. The van der Waals surface area contributed by atoms with E-state index in [-0.39, 0.29) is 0 Å². The fraction of sp³-hybridized carbons (Fsp3) is 0.0625. The van der Waals surface area contributed by atoms with E-state index in [9.17, 15) is 0 Å². The second-order valence-electron chi connectivity index (χ2n) is 4.38. The Balaban J connectivity index is 1.93. The minimum absolute atomic E-state index is 0.558.